The highest BCUT2D eigenvalue weighted by molar-refractivity contribution is 5.97. The van der Waals surface area contributed by atoms with Gasteiger partial charge in [0.1, 0.15) is 5.69 Å². The van der Waals surface area contributed by atoms with Crippen LogP contribution in [0.15, 0.2) is 41.5 Å². The van der Waals surface area contributed by atoms with Crippen LogP contribution in [0, 0.1) is 0 Å². The number of nitrogens with one attached hydrogen (secondary N) is 2. The van der Waals surface area contributed by atoms with Crippen molar-refractivity contribution in [2.45, 2.75) is 12.3 Å². The van der Waals surface area contributed by atoms with E-state index >= 15 is 0 Å². The second-order valence-electron chi connectivity index (χ2n) is 5.42. The Morgan fingerprint density at radius 3 is 2.91 bits per heavy atom. The summed E-state index contributed by atoms with van der Waals surface area (Å²) in [7, 11) is 1.75. The van der Waals surface area contributed by atoms with Gasteiger partial charge in [0, 0.05) is 37.8 Å². The number of amides is 2. The molecule has 0 unspecified atom stereocenters. The van der Waals surface area contributed by atoms with Crippen molar-refractivity contribution in [3.63, 3.8) is 0 Å². The van der Waals surface area contributed by atoms with Gasteiger partial charge in [-0.15, -0.1) is 0 Å². The summed E-state index contributed by atoms with van der Waals surface area (Å²) in [5.41, 5.74) is 1.67. The Bertz CT molecular complexity index is 794. The Hall–Kier alpha value is -2.96. The first-order valence-corrected chi connectivity index (χ1v) is 7.24. The Kier molecular flexibility index (Phi) is 3.92. The van der Waals surface area contributed by atoms with Crippen molar-refractivity contribution >= 4 is 17.5 Å². The molecule has 1 aliphatic heterocycles. The summed E-state index contributed by atoms with van der Waals surface area (Å²) in [6.45, 7) is 0.330. The molecule has 0 fully saturated rings. The van der Waals surface area contributed by atoms with Crippen molar-refractivity contribution in [1.82, 2.24) is 15.3 Å². The normalized spacial score (nSPS) is 16.8. The van der Waals surface area contributed by atoms with Crippen LogP contribution in [0.4, 0.5) is 5.69 Å². The molecule has 2 aromatic rings. The fourth-order valence-corrected chi connectivity index (χ4v) is 2.69. The molecule has 0 spiro atoms. The number of H-pyrrole nitrogens is 1. The quantitative estimate of drug-likeness (QED) is 0.870. The first-order chi connectivity index (χ1) is 11.1. The lowest BCUT2D eigenvalue weighted by molar-refractivity contribution is -0.119. The van der Waals surface area contributed by atoms with E-state index < -0.39 is 0 Å². The Labute approximate surface area is 132 Å². The highest BCUT2D eigenvalue weighted by Gasteiger charge is 2.29. The third kappa shape index (κ3) is 2.98. The van der Waals surface area contributed by atoms with E-state index in [-0.39, 0.29) is 29.0 Å². The maximum atomic E-state index is 12.1. The zero-order valence-corrected chi connectivity index (χ0v) is 12.6. The van der Waals surface area contributed by atoms with E-state index in [9.17, 15) is 14.4 Å². The van der Waals surface area contributed by atoms with Gasteiger partial charge in [-0.05, 0) is 11.6 Å². The standard InChI is InChI=1S/C16H16N4O3/c1-20-13-5-3-2-4-11(13)10(6-15(20)22)7-19-16(23)12-8-18-14(21)9-17-12/h2-5,8-10H,6-7H2,1H3,(H,18,21)(H,19,23)/t10-/m1/s1. The van der Waals surface area contributed by atoms with Crippen LogP contribution in [0.25, 0.3) is 0 Å². The number of aromatic amines is 1. The first-order valence-electron chi connectivity index (χ1n) is 7.24. The van der Waals surface area contributed by atoms with Crippen LogP contribution in [0.5, 0.6) is 0 Å². The summed E-state index contributed by atoms with van der Waals surface area (Å²) in [5, 5.41) is 2.77. The van der Waals surface area contributed by atoms with Gasteiger partial charge in [-0.2, -0.15) is 0 Å². The number of para-hydroxylation sites is 1. The highest BCUT2D eigenvalue weighted by Crippen LogP contribution is 2.34. The molecule has 3 rings (SSSR count). The summed E-state index contributed by atoms with van der Waals surface area (Å²) >= 11 is 0. The molecule has 0 radical (unpaired) electrons. The van der Waals surface area contributed by atoms with Crippen LogP contribution < -0.4 is 15.8 Å². The molecule has 2 N–H and O–H groups in total. The fraction of sp³-hybridized carbons (Fsp3) is 0.250. The fourth-order valence-electron chi connectivity index (χ4n) is 2.69. The van der Waals surface area contributed by atoms with Crippen molar-refractivity contribution < 1.29 is 9.59 Å². The molecule has 0 aliphatic carbocycles. The molecule has 0 saturated heterocycles. The zero-order chi connectivity index (χ0) is 16.4. The molecule has 7 heteroatoms. The molecule has 1 aliphatic rings. The van der Waals surface area contributed by atoms with Gasteiger partial charge in [0.05, 0.1) is 6.20 Å². The molecular weight excluding hydrogens is 296 g/mol. The molecule has 2 heterocycles. The van der Waals surface area contributed by atoms with Gasteiger partial charge in [-0.3, -0.25) is 14.4 Å². The summed E-state index contributed by atoms with van der Waals surface area (Å²) < 4.78 is 0. The minimum atomic E-state index is -0.384. The van der Waals surface area contributed by atoms with Crippen molar-refractivity contribution in [3.05, 3.63) is 58.3 Å². The van der Waals surface area contributed by atoms with E-state index in [1.165, 1.54) is 6.20 Å². The second-order valence-corrected chi connectivity index (χ2v) is 5.42. The van der Waals surface area contributed by atoms with E-state index in [0.717, 1.165) is 17.4 Å². The average molecular weight is 312 g/mol. The predicted molar refractivity (Wildman–Crippen MR) is 84.4 cm³/mol. The van der Waals surface area contributed by atoms with Gasteiger partial charge in [0.2, 0.25) is 5.91 Å². The lowest BCUT2D eigenvalue weighted by Crippen LogP contribution is -2.38. The van der Waals surface area contributed by atoms with Crippen LogP contribution in [-0.2, 0) is 4.79 Å². The number of hydrogen-bond acceptors (Lipinski definition) is 4. The molecule has 1 aromatic heterocycles. The largest absolute Gasteiger partial charge is 0.350 e. The topological polar surface area (TPSA) is 95.2 Å². The molecule has 0 bridgehead atoms. The van der Waals surface area contributed by atoms with Crippen LogP contribution in [0.2, 0.25) is 0 Å². The van der Waals surface area contributed by atoms with Gasteiger partial charge >= 0.3 is 0 Å². The molecule has 0 saturated carbocycles. The van der Waals surface area contributed by atoms with Crippen molar-refractivity contribution in [1.29, 1.82) is 0 Å². The van der Waals surface area contributed by atoms with Gasteiger partial charge in [-0.1, -0.05) is 18.2 Å². The van der Waals surface area contributed by atoms with E-state index in [2.05, 4.69) is 15.3 Å². The van der Waals surface area contributed by atoms with Crippen LogP contribution >= 0.6 is 0 Å². The van der Waals surface area contributed by atoms with Gasteiger partial charge < -0.3 is 15.2 Å². The van der Waals surface area contributed by atoms with Crippen molar-refractivity contribution in [3.8, 4) is 0 Å². The maximum absolute atomic E-state index is 12.1. The van der Waals surface area contributed by atoms with E-state index in [1.54, 1.807) is 11.9 Å². The lowest BCUT2D eigenvalue weighted by atomic mass is 9.89. The molecular formula is C16H16N4O3. The van der Waals surface area contributed by atoms with Gasteiger partial charge in [-0.25, -0.2) is 4.98 Å². The van der Waals surface area contributed by atoms with Gasteiger partial charge in [0.25, 0.3) is 11.5 Å². The smallest absolute Gasteiger partial charge is 0.271 e. The zero-order valence-electron chi connectivity index (χ0n) is 12.6. The summed E-state index contributed by atoms with van der Waals surface area (Å²) in [6.07, 6.45) is 2.67. The average Bonchev–Trinajstić information content (AvgIpc) is 2.57. The lowest BCUT2D eigenvalue weighted by Gasteiger charge is -2.31. The molecule has 7 nitrogen and oxygen atoms in total. The third-order valence-corrected chi connectivity index (χ3v) is 3.95. The number of aromatic nitrogens is 2. The van der Waals surface area contributed by atoms with E-state index in [4.69, 9.17) is 0 Å². The number of fused-ring (bicyclic) bond motifs is 1. The van der Waals surface area contributed by atoms with Crippen LogP contribution in [0.1, 0.15) is 28.4 Å². The number of anilines is 1. The number of hydrogen-bond donors (Lipinski definition) is 2. The highest BCUT2D eigenvalue weighted by atomic mass is 16.2. The van der Waals surface area contributed by atoms with E-state index in [1.807, 2.05) is 24.3 Å². The molecule has 1 atom stereocenters. The predicted octanol–water partition coefficient (Wildman–Crippen LogP) is 0.650. The minimum Gasteiger partial charge on any atom is -0.350 e. The van der Waals surface area contributed by atoms with Crippen molar-refractivity contribution in [2.75, 3.05) is 18.5 Å². The molecule has 23 heavy (non-hydrogen) atoms. The number of rotatable bonds is 3. The number of carbonyl (C=O) groups is 2. The van der Waals surface area contributed by atoms with Crippen molar-refractivity contribution in [2.24, 2.45) is 0 Å². The number of benzene rings is 1. The van der Waals surface area contributed by atoms with Gasteiger partial charge in [0.15, 0.2) is 0 Å². The van der Waals surface area contributed by atoms with E-state index in [0.29, 0.717) is 13.0 Å². The van der Waals surface area contributed by atoms with Crippen LogP contribution in [-0.4, -0.2) is 35.4 Å². The van der Waals surface area contributed by atoms with Crippen LogP contribution in [0.3, 0.4) is 0 Å². The molecule has 1 aromatic carbocycles. The first kappa shape index (κ1) is 15.0. The minimum absolute atomic E-state index is 0.0186. The summed E-state index contributed by atoms with van der Waals surface area (Å²) in [5.74, 6) is -0.447. The Morgan fingerprint density at radius 2 is 2.17 bits per heavy atom. The second kappa shape index (κ2) is 6.04. The Balaban J connectivity index is 1.74. The number of carbonyl (C=O) groups excluding carboxylic acids is 2. The molecule has 118 valence electrons. The summed E-state index contributed by atoms with van der Waals surface area (Å²) in [6, 6.07) is 7.66. The third-order valence-electron chi connectivity index (χ3n) is 3.95. The maximum Gasteiger partial charge on any atom is 0.271 e. The summed E-state index contributed by atoms with van der Waals surface area (Å²) in [4.78, 5) is 42.9. The molecule has 2 amide bonds. The monoisotopic (exact) mass is 312 g/mol. The Morgan fingerprint density at radius 1 is 1.39 bits per heavy atom. The SMILES string of the molecule is CN1C(=O)C[C@H](CNC(=O)c2c[nH]c(=O)cn2)c2ccccc21. The number of nitrogens with zero attached hydrogens (tertiary/aromatic N) is 2.